The van der Waals surface area contributed by atoms with Crippen LogP contribution in [0.1, 0.15) is 44.9 Å². The van der Waals surface area contributed by atoms with E-state index in [2.05, 4.69) is 70.8 Å². The highest BCUT2D eigenvalue weighted by Gasteiger charge is 2.16. The van der Waals surface area contributed by atoms with E-state index in [0.29, 0.717) is 0 Å². The standard InChI is InChI=1S/C21H19N5.C9H19N/c1-14-8-16(6-7-22-14)15(2)25-21-10-19-9-17(4-5-18(19)11-23-21)20-12-24-26(3)13-20;1-8(2)10-6-4-9(3)5-7-10/h4-13H,2H2,1,3H3,(H,23,25);8-9H,4-7H2,1-3H3. The molecule has 1 N–H and O–H groups in total. The number of hydrogen-bond acceptors (Lipinski definition) is 5. The maximum atomic E-state index is 4.50. The molecule has 6 nitrogen and oxygen atoms in total. The van der Waals surface area contributed by atoms with Gasteiger partial charge in [0.05, 0.1) is 6.20 Å². The van der Waals surface area contributed by atoms with Crippen LogP contribution in [-0.2, 0) is 7.05 Å². The topological polar surface area (TPSA) is 58.9 Å². The Morgan fingerprint density at radius 3 is 2.44 bits per heavy atom. The molecule has 36 heavy (non-hydrogen) atoms. The lowest BCUT2D eigenvalue weighted by atomic mass is 9.98. The van der Waals surface area contributed by atoms with E-state index in [1.54, 1.807) is 10.9 Å². The molecule has 5 rings (SSSR count). The first kappa shape index (κ1) is 25.6. The Balaban J connectivity index is 0.000000256. The lowest BCUT2D eigenvalue weighted by Crippen LogP contribution is -2.37. The molecule has 1 aliphatic rings. The molecule has 0 unspecified atom stereocenters. The molecule has 1 fully saturated rings. The minimum atomic E-state index is 0.757. The van der Waals surface area contributed by atoms with Gasteiger partial charge in [-0.15, -0.1) is 0 Å². The van der Waals surface area contributed by atoms with Crippen LogP contribution >= 0.6 is 0 Å². The Labute approximate surface area is 215 Å². The summed E-state index contributed by atoms with van der Waals surface area (Å²) < 4.78 is 1.81. The van der Waals surface area contributed by atoms with Crippen LogP contribution in [0.2, 0.25) is 0 Å². The number of piperidine rings is 1. The van der Waals surface area contributed by atoms with Crippen molar-refractivity contribution in [2.24, 2.45) is 13.0 Å². The number of anilines is 1. The minimum Gasteiger partial charge on any atom is -0.340 e. The van der Waals surface area contributed by atoms with Crippen LogP contribution in [-0.4, -0.2) is 43.8 Å². The number of nitrogens with zero attached hydrogens (tertiary/aromatic N) is 5. The summed E-state index contributed by atoms with van der Waals surface area (Å²) in [5, 5.41) is 9.74. The van der Waals surface area contributed by atoms with E-state index in [9.17, 15) is 0 Å². The lowest BCUT2D eigenvalue weighted by Gasteiger charge is -2.33. The third kappa shape index (κ3) is 6.58. The molecule has 0 aliphatic carbocycles. The van der Waals surface area contributed by atoms with Gasteiger partial charge in [-0.1, -0.05) is 25.6 Å². The summed E-state index contributed by atoms with van der Waals surface area (Å²) >= 11 is 0. The largest absolute Gasteiger partial charge is 0.340 e. The van der Waals surface area contributed by atoms with Crippen LogP contribution in [0.4, 0.5) is 5.82 Å². The Morgan fingerprint density at radius 2 is 1.78 bits per heavy atom. The molecule has 6 heteroatoms. The molecule has 0 radical (unpaired) electrons. The quantitative estimate of drug-likeness (QED) is 0.350. The smallest absolute Gasteiger partial charge is 0.130 e. The molecule has 1 aliphatic heterocycles. The molecule has 4 aromatic rings. The first-order chi connectivity index (χ1) is 17.3. The van der Waals surface area contributed by atoms with Gasteiger partial charge in [-0.3, -0.25) is 9.67 Å². The summed E-state index contributed by atoms with van der Waals surface area (Å²) in [7, 11) is 1.92. The SMILES string of the molecule is C=C(Nc1cc2cc(-c3cnn(C)c3)ccc2cn1)c1ccnc(C)c1.CC1CCN(C(C)C)CC1. The van der Waals surface area contributed by atoms with E-state index in [1.807, 2.05) is 50.8 Å². The van der Waals surface area contributed by atoms with Gasteiger partial charge in [0.1, 0.15) is 5.82 Å². The van der Waals surface area contributed by atoms with Crippen LogP contribution in [0.3, 0.4) is 0 Å². The van der Waals surface area contributed by atoms with E-state index >= 15 is 0 Å². The van der Waals surface area contributed by atoms with Crippen LogP contribution < -0.4 is 5.32 Å². The molecule has 1 aromatic carbocycles. The van der Waals surface area contributed by atoms with E-state index < -0.39 is 0 Å². The van der Waals surface area contributed by atoms with Gasteiger partial charge in [0, 0.05) is 59.6 Å². The fourth-order valence-electron chi connectivity index (χ4n) is 4.46. The highest BCUT2D eigenvalue weighted by molar-refractivity contribution is 5.89. The second-order valence-corrected chi connectivity index (χ2v) is 10.1. The lowest BCUT2D eigenvalue weighted by molar-refractivity contribution is 0.156. The second kappa shape index (κ2) is 11.5. The van der Waals surface area contributed by atoms with E-state index in [0.717, 1.165) is 56.6 Å². The first-order valence-corrected chi connectivity index (χ1v) is 12.8. The van der Waals surface area contributed by atoms with Crippen molar-refractivity contribution >= 4 is 22.3 Å². The van der Waals surface area contributed by atoms with Crippen molar-refractivity contribution in [3.63, 3.8) is 0 Å². The number of aromatic nitrogens is 4. The van der Waals surface area contributed by atoms with Gasteiger partial charge in [-0.2, -0.15) is 5.10 Å². The number of aryl methyl sites for hydroxylation is 2. The van der Waals surface area contributed by atoms with Gasteiger partial charge in [0.25, 0.3) is 0 Å². The Morgan fingerprint density at radius 1 is 1.00 bits per heavy atom. The van der Waals surface area contributed by atoms with Crippen LogP contribution in [0, 0.1) is 12.8 Å². The van der Waals surface area contributed by atoms with Gasteiger partial charge < -0.3 is 10.2 Å². The van der Waals surface area contributed by atoms with Crippen LogP contribution in [0.25, 0.3) is 27.6 Å². The van der Waals surface area contributed by atoms with Gasteiger partial charge in [-0.05, 0) is 87.8 Å². The number of benzene rings is 1. The fourth-order valence-corrected chi connectivity index (χ4v) is 4.46. The van der Waals surface area contributed by atoms with Crippen molar-refractivity contribution in [2.75, 3.05) is 18.4 Å². The first-order valence-electron chi connectivity index (χ1n) is 12.8. The van der Waals surface area contributed by atoms with Crippen molar-refractivity contribution in [3.8, 4) is 11.1 Å². The van der Waals surface area contributed by atoms with Crippen molar-refractivity contribution in [1.29, 1.82) is 0 Å². The molecule has 0 spiro atoms. The summed E-state index contributed by atoms with van der Waals surface area (Å²) in [5.74, 6) is 1.73. The van der Waals surface area contributed by atoms with Gasteiger partial charge in [0.15, 0.2) is 0 Å². The van der Waals surface area contributed by atoms with Crippen LogP contribution in [0.15, 0.2) is 67.8 Å². The average Bonchev–Trinajstić information content (AvgIpc) is 3.30. The van der Waals surface area contributed by atoms with E-state index in [4.69, 9.17) is 0 Å². The van der Waals surface area contributed by atoms with Gasteiger partial charge in [0.2, 0.25) is 0 Å². The monoisotopic (exact) mass is 482 g/mol. The maximum Gasteiger partial charge on any atom is 0.130 e. The summed E-state index contributed by atoms with van der Waals surface area (Å²) in [6, 6.07) is 13.0. The highest BCUT2D eigenvalue weighted by Crippen LogP contribution is 2.26. The number of likely N-dealkylation sites (tertiary alicyclic amines) is 1. The van der Waals surface area contributed by atoms with Crippen molar-refractivity contribution in [3.05, 3.63) is 79.0 Å². The molecule has 0 amide bonds. The summed E-state index contributed by atoms with van der Waals surface area (Å²) in [6.07, 6.45) is 10.3. The Kier molecular flexibility index (Phi) is 8.16. The average molecular weight is 483 g/mol. The van der Waals surface area contributed by atoms with Gasteiger partial charge >= 0.3 is 0 Å². The van der Waals surface area contributed by atoms with E-state index in [1.165, 1.54) is 25.9 Å². The molecule has 0 saturated carbocycles. The molecular weight excluding hydrogens is 444 g/mol. The molecule has 1 saturated heterocycles. The number of fused-ring (bicyclic) bond motifs is 1. The predicted octanol–water partition coefficient (Wildman–Crippen LogP) is 6.55. The normalized spacial score (nSPS) is 14.5. The Bertz CT molecular complexity index is 1310. The van der Waals surface area contributed by atoms with Crippen molar-refractivity contribution in [1.82, 2.24) is 24.6 Å². The summed E-state index contributed by atoms with van der Waals surface area (Å²) in [6.45, 7) is 15.7. The van der Waals surface area contributed by atoms with E-state index in [-0.39, 0.29) is 0 Å². The highest BCUT2D eigenvalue weighted by atomic mass is 15.2. The third-order valence-corrected chi connectivity index (χ3v) is 6.83. The molecule has 188 valence electrons. The second-order valence-electron chi connectivity index (χ2n) is 10.1. The number of rotatable bonds is 5. The van der Waals surface area contributed by atoms with Crippen LogP contribution in [0.5, 0.6) is 0 Å². The number of nitrogens with one attached hydrogen (secondary N) is 1. The summed E-state index contributed by atoms with van der Waals surface area (Å²) in [4.78, 5) is 11.3. The molecule has 0 atom stereocenters. The molecule has 4 heterocycles. The van der Waals surface area contributed by atoms with Crippen molar-refractivity contribution < 1.29 is 0 Å². The van der Waals surface area contributed by atoms with Crippen molar-refractivity contribution in [2.45, 2.75) is 46.6 Å². The third-order valence-electron chi connectivity index (χ3n) is 6.83. The number of hydrogen-bond donors (Lipinski definition) is 1. The van der Waals surface area contributed by atoms with Gasteiger partial charge in [-0.25, -0.2) is 4.98 Å². The summed E-state index contributed by atoms with van der Waals surface area (Å²) in [5.41, 5.74) is 4.98. The minimum absolute atomic E-state index is 0.757. The maximum absolute atomic E-state index is 4.50. The molecule has 0 bridgehead atoms. The Hall–Kier alpha value is -3.51. The number of pyridine rings is 2. The molecular formula is C30H38N6. The molecule has 3 aromatic heterocycles. The zero-order chi connectivity index (χ0) is 25.7. The predicted molar refractivity (Wildman–Crippen MR) is 151 cm³/mol. The zero-order valence-corrected chi connectivity index (χ0v) is 22.2. The fraction of sp³-hybridized carbons (Fsp3) is 0.367. The zero-order valence-electron chi connectivity index (χ0n) is 22.2.